The smallest absolute Gasteiger partial charge is 0.309 e. The van der Waals surface area contributed by atoms with E-state index in [9.17, 15) is 4.79 Å². The van der Waals surface area contributed by atoms with E-state index in [-0.39, 0.29) is 17.8 Å². The van der Waals surface area contributed by atoms with Crippen molar-refractivity contribution in [2.24, 2.45) is 17.8 Å². The molecule has 0 aliphatic heterocycles. The molecule has 4 rings (SSSR count). The zero-order chi connectivity index (χ0) is 15.8. The lowest BCUT2D eigenvalue weighted by Crippen LogP contribution is -2.10. The molecule has 0 bridgehead atoms. The predicted molar refractivity (Wildman–Crippen MR) is 85.7 cm³/mol. The van der Waals surface area contributed by atoms with Crippen LogP contribution >= 0.6 is 0 Å². The number of carbonyl (C=O) groups is 1. The fraction of sp³-hybridized carbons (Fsp3) is 0.632. The molecule has 3 aliphatic rings. The average Bonchev–Trinajstić information content (AvgIpc) is 3.43. The maximum absolute atomic E-state index is 12.1. The van der Waals surface area contributed by atoms with Crippen molar-refractivity contribution < 1.29 is 19.0 Å². The van der Waals surface area contributed by atoms with E-state index in [4.69, 9.17) is 14.2 Å². The molecule has 0 radical (unpaired) electrons. The van der Waals surface area contributed by atoms with E-state index in [1.54, 1.807) is 7.11 Å². The molecule has 3 saturated carbocycles. The zero-order valence-electron chi connectivity index (χ0n) is 13.6. The molecule has 2 atom stereocenters. The molecular weight excluding hydrogens is 292 g/mol. The van der Waals surface area contributed by atoms with Gasteiger partial charge in [0.05, 0.1) is 26.2 Å². The summed E-state index contributed by atoms with van der Waals surface area (Å²) in [6, 6.07) is 6.03. The van der Waals surface area contributed by atoms with Crippen LogP contribution in [0.2, 0.25) is 0 Å². The maximum atomic E-state index is 12.1. The van der Waals surface area contributed by atoms with Gasteiger partial charge in [-0.25, -0.2) is 0 Å². The number of esters is 1. The average molecular weight is 316 g/mol. The summed E-state index contributed by atoms with van der Waals surface area (Å²) < 4.78 is 16.7. The second kappa shape index (κ2) is 6.06. The Morgan fingerprint density at radius 2 is 1.83 bits per heavy atom. The molecule has 2 unspecified atom stereocenters. The van der Waals surface area contributed by atoms with Crippen molar-refractivity contribution in [3.8, 4) is 11.5 Å². The Morgan fingerprint density at radius 1 is 1.09 bits per heavy atom. The normalized spacial score (nSPS) is 25.8. The third-order valence-electron chi connectivity index (χ3n) is 5.04. The van der Waals surface area contributed by atoms with Gasteiger partial charge >= 0.3 is 5.97 Å². The maximum Gasteiger partial charge on any atom is 0.309 e. The van der Waals surface area contributed by atoms with E-state index in [1.807, 2.05) is 18.2 Å². The number of carbonyl (C=O) groups excluding carboxylic acids is 1. The van der Waals surface area contributed by atoms with Gasteiger partial charge in [-0.1, -0.05) is 6.07 Å². The van der Waals surface area contributed by atoms with Gasteiger partial charge in [-0.2, -0.15) is 0 Å². The van der Waals surface area contributed by atoms with Crippen molar-refractivity contribution in [3.63, 3.8) is 0 Å². The Balaban J connectivity index is 1.37. The van der Waals surface area contributed by atoms with Gasteiger partial charge in [0, 0.05) is 0 Å². The molecule has 0 heterocycles. The number of benzene rings is 1. The van der Waals surface area contributed by atoms with Crippen molar-refractivity contribution in [2.75, 3.05) is 20.3 Å². The van der Waals surface area contributed by atoms with Crippen LogP contribution in [0.5, 0.6) is 11.5 Å². The highest BCUT2D eigenvalue weighted by Crippen LogP contribution is 2.50. The quantitative estimate of drug-likeness (QED) is 0.688. The molecule has 124 valence electrons. The third-order valence-corrected chi connectivity index (χ3v) is 5.04. The summed E-state index contributed by atoms with van der Waals surface area (Å²) in [7, 11) is 1.66. The third kappa shape index (κ3) is 3.62. The first-order valence-electron chi connectivity index (χ1n) is 8.72. The lowest BCUT2D eigenvalue weighted by molar-refractivity contribution is -0.145. The van der Waals surface area contributed by atoms with Crippen LogP contribution < -0.4 is 9.47 Å². The first kappa shape index (κ1) is 14.9. The topological polar surface area (TPSA) is 44.8 Å². The van der Waals surface area contributed by atoms with Crippen molar-refractivity contribution in [1.29, 1.82) is 0 Å². The summed E-state index contributed by atoms with van der Waals surface area (Å²) in [4.78, 5) is 12.1. The van der Waals surface area contributed by atoms with Gasteiger partial charge in [0.2, 0.25) is 0 Å². The molecule has 4 nitrogen and oxygen atoms in total. The van der Waals surface area contributed by atoms with E-state index in [0.29, 0.717) is 18.4 Å². The standard InChI is InChI=1S/C19H24O4/c1-21-17-7-6-14(8-18(17)22-10-12-2-3-12)15-9-16(15)19(20)23-11-13-4-5-13/h6-8,12-13,15-16H,2-5,9-11H2,1H3. The molecule has 3 fully saturated rings. The van der Waals surface area contributed by atoms with Crippen LogP contribution in [0, 0.1) is 17.8 Å². The molecule has 0 amide bonds. The Bertz CT molecular complexity index is 589. The largest absolute Gasteiger partial charge is 0.493 e. The second-order valence-electron chi connectivity index (χ2n) is 7.19. The van der Waals surface area contributed by atoms with Crippen LogP contribution in [0.3, 0.4) is 0 Å². The lowest BCUT2D eigenvalue weighted by atomic mass is 10.1. The number of ether oxygens (including phenoxy) is 3. The Labute approximate surface area is 137 Å². The van der Waals surface area contributed by atoms with E-state index in [1.165, 1.54) is 25.7 Å². The SMILES string of the molecule is COc1ccc(C2CC2C(=O)OCC2CC2)cc1OCC1CC1. The van der Waals surface area contributed by atoms with Gasteiger partial charge < -0.3 is 14.2 Å². The molecule has 0 spiro atoms. The molecule has 1 aromatic rings. The Kier molecular flexibility index (Phi) is 3.92. The minimum atomic E-state index is -0.0295. The lowest BCUT2D eigenvalue weighted by Gasteiger charge is -2.12. The van der Waals surface area contributed by atoms with Crippen LogP contribution in [-0.4, -0.2) is 26.3 Å². The highest BCUT2D eigenvalue weighted by atomic mass is 16.5. The van der Waals surface area contributed by atoms with Crippen molar-refractivity contribution in [1.82, 2.24) is 0 Å². The summed E-state index contributed by atoms with van der Waals surface area (Å²) >= 11 is 0. The fourth-order valence-electron chi connectivity index (χ4n) is 2.94. The van der Waals surface area contributed by atoms with E-state index < -0.39 is 0 Å². The van der Waals surface area contributed by atoms with Crippen LogP contribution in [0.25, 0.3) is 0 Å². The summed E-state index contributed by atoms with van der Waals surface area (Å²) in [5.74, 6) is 3.17. The fourth-order valence-corrected chi connectivity index (χ4v) is 2.94. The van der Waals surface area contributed by atoms with E-state index in [2.05, 4.69) is 0 Å². The summed E-state index contributed by atoms with van der Waals surface area (Å²) in [5.41, 5.74) is 1.16. The minimum absolute atomic E-state index is 0.0263. The minimum Gasteiger partial charge on any atom is -0.493 e. The molecule has 0 saturated heterocycles. The summed E-state index contributed by atoms with van der Waals surface area (Å²) in [6.45, 7) is 1.37. The summed E-state index contributed by atoms with van der Waals surface area (Å²) in [6.07, 6.45) is 5.83. The first-order valence-corrected chi connectivity index (χ1v) is 8.72. The Morgan fingerprint density at radius 3 is 2.52 bits per heavy atom. The van der Waals surface area contributed by atoms with Crippen molar-refractivity contribution in [3.05, 3.63) is 23.8 Å². The van der Waals surface area contributed by atoms with Crippen molar-refractivity contribution in [2.45, 2.75) is 38.0 Å². The van der Waals surface area contributed by atoms with Gasteiger partial charge in [0.25, 0.3) is 0 Å². The van der Waals surface area contributed by atoms with Crippen LogP contribution in [0.4, 0.5) is 0 Å². The predicted octanol–water partition coefficient (Wildman–Crippen LogP) is 3.54. The molecule has 4 heteroatoms. The van der Waals surface area contributed by atoms with Crippen LogP contribution in [-0.2, 0) is 9.53 Å². The van der Waals surface area contributed by atoms with Gasteiger partial charge in [0.15, 0.2) is 11.5 Å². The summed E-state index contributed by atoms with van der Waals surface area (Å²) in [5, 5.41) is 0. The first-order chi connectivity index (χ1) is 11.2. The van der Waals surface area contributed by atoms with Gasteiger partial charge in [-0.3, -0.25) is 4.79 Å². The molecule has 23 heavy (non-hydrogen) atoms. The van der Waals surface area contributed by atoms with Crippen LogP contribution in [0.1, 0.15) is 43.6 Å². The van der Waals surface area contributed by atoms with E-state index in [0.717, 1.165) is 30.1 Å². The van der Waals surface area contributed by atoms with Crippen LogP contribution in [0.15, 0.2) is 18.2 Å². The van der Waals surface area contributed by atoms with Gasteiger partial charge in [0.1, 0.15) is 0 Å². The monoisotopic (exact) mass is 316 g/mol. The second-order valence-corrected chi connectivity index (χ2v) is 7.19. The van der Waals surface area contributed by atoms with Gasteiger partial charge in [-0.15, -0.1) is 0 Å². The molecule has 0 N–H and O–H groups in total. The molecule has 1 aromatic carbocycles. The molecule has 3 aliphatic carbocycles. The number of methoxy groups -OCH3 is 1. The number of hydrogen-bond donors (Lipinski definition) is 0. The highest BCUT2D eigenvalue weighted by Gasteiger charge is 2.45. The molecular formula is C19H24O4. The van der Waals surface area contributed by atoms with Crippen molar-refractivity contribution >= 4 is 5.97 Å². The highest BCUT2D eigenvalue weighted by molar-refractivity contribution is 5.77. The van der Waals surface area contributed by atoms with E-state index >= 15 is 0 Å². The molecule has 0 aromatic heterocycles. The number of rotatable bonds is 8. The zero-order valence-corrected chi connectivity index (χ0v) is 13.6. The van der Waals surface area contributed by atoms with Gasteiger partial charge in [-0.05, 0) is 67.6 Å². The Hall–Kier alpha value is -1.71. The number of hydrogen-bond acceptors (Lipinski definition) is 4.